The quantitative estimate of drug-likeness (QED) is 0.398. The van der Waals surface area contributed by atoms with Crippen molar-refractivity contribution in [3.63, 3.8) is 0 Å². The van der Waals surface area contributed by atoms with Gasteiger partial charge in [-0.3, -0.25) is 4.79 Å². The molecule has 0 aliphatic heterocycles. The van der Waals surface area contributed by atoms with E-state index in [9.17, 15) is 19.1 Å². The van der Waals surface area contributed by atoms with E-state index in [0.29, 0.717) is 5.76 Å². The lowest BCUT2D eigenvalue weighted by Crippen LogP contribution is -2.07. The third-order valence-electron chi connectivity index (χ3n) is 2.95. The second-order valence-electron chi connectivity index (χ2n) is 4.45. The van der Waals surface area contributed by atoms with Crippen LogP contribution in [0, 0.1) is 5.82 Å². The molecule has 0 atom stereocenters. The van der Waals surface area contributed by atoms with E-state index in [0.717, 1.165) is 18.7 Å². The molecule has 0 amide bonds. The molecule has 5 nitrogen and oxygen atoms in total. The van der Waals surface area contributed by atoms with Gasteiger partial charge in [-0.05, 0) is 23.8 Å². The summed E-state index contributed by atoms with van der Waals surface area (Å²) in [5.41, 5.74) is 0.964. The third kappa shape index (κ3) is 3.60. The number of ketones is 1. The van der Waals surface area contributed by atoms with E-state index in [-0.39, 0.29) is 17.8 Å². The summed E-state index contributed by atoms with van der Waals surface area (Å²) in [4.78, 5) is 23.1. The number of benzene rings is 1. The summed E-state index contributed by atoms with van der Waals surface area (Å²) in [6.07, 6.45) is 2.38. The summed E-state index contributed by atoms with van der Waals surface area (Å²) < 4.78 is 22.4. The fourth-order valence-corrected chi connectivity index (χ4v) is 1.85. The zero-order chi connectivity index (χ0) is 16.1. The van der Waals surface area contributed by atoms with Crippen molar-refractivity contribution in [1.82, 2.24) is 0 Å². The number of methoxy groups -OCH3 is 1. The fraction of sp³-hybridized carbons (Fsp3) is 0.125. The monoisotopic (exact) mass is 304 g/mol. The molecule has 0 spiro atoms. The molecule has 0 bridgehead atoms. The maximum atomic E-state index is 12.9. The summed E-state index contributed by atoms with van der Waals surface area (Å²) >= 11 is 0. The van der Waals surface area contributed by atoms with Gasteiger partial charge in [0.05, 0.1) is 18.9 Å². The lowest BCUT2D eigenvalue weighted by molar-refractivity contribution is -0.139. The maximum absolute atomic E-state index is 12.9. The van der Waals surface area contributed by atoms with E-state index in [1.165, 1.54) is 24.5 Å². The molecule has 0 unspecified atom stereocenters. The van der Waals surface area contributed by atoms with Gasteiger partial charge < -0.3 is 14.3 Å². The average Bonchev–Trinajstić information content (AvgIpc) is 2.96. The van der Waals surface area contributed by atoms with Crippen LogP contribution in [0.15, 0.2) is 52.8 Å². The second kappa shape index (κ2) is 6.71. The molecule has 2 rings (SSSR count). The lowest BCUT2D eigenvalue weighted by Gasteiger charge is -2.01. The molecule has 22 heavy (non-hydrogen) atoms. The van der Waals surface area contributed by atoms with E-state index < -0.39 is 17.5 Å². The molecule has 1 aromatic heterocycles. The number of aliphatic hydroxyl groups excluding tert-OH is 1. The van der Waals surface area contributed by atoms with Crippen molar-refractivity contribution in [3.05, 3.63) is 71.1 Å². The Morgan fingerprint density at radius 3 is 2.59 bits per heavy atom. The van der Waals surface area contributed by atoms with E-state index in [2.05, 4.69) is 4.74 Å². The van der Waals surface area contributed by atoms with Crippen LogP contribution in [0.1, 0.15) is 21.7 Å². The molecular weight excluding hydrogens is 291 g/mol. The first-order valence-electron chi connectivity index (χ1n) is 6.35. The number of hydrogen-bond donors (Lipinski definition) is 1. The van der Waals surface area contributed by atoms with Crippen LogP contribution in [-0.2, 0) is 16.0 Å². The normalized spacial score (nSPS) is 11.3. The first-order chi connectivity index (χ1) is 10.5. The van der Waals surface area contributed by atoms with Gasteiger partial charge in [0.2, 0.25) is 5.76 Å². The van der Waals surface area contributed by atoms with Gasteiger partial charge in [-0.15, -0.1) is 0 Å². The molecule has 2 aromatic rings. The highest BCUT2D eigenvalue weighted by Gasteiger charge is 2.16. The van der Waals surface area contributed by atoms with Gasteiger partial charge in [0, 0.05) is 12.5 Å². The molecule has 0 radical (unpaired) electrons. The number of aliphatic hydroxyl groups is 1. The van der Waals surface area contributed by atoms with Gasteiger partial charge >= 0.3 is 5.97 Å². The van der Waals surface area contributed by atoms with Gasteiger partial charge in [-0.25, -0.2) is 9.18 Å². The number of ether oxygens (including phenoxy) is 1. The molecule has 0 saturated carbocycles. The number of carbonyl (C=O) groups excluding carboxylic acids is 2. The third-order valence-corrected chi connectivity index (χ3v) is 2.95. The summed E-state index contributed by atoms with van der Waals surface area (Å²) in [6, 6.07) is 7.20. The minimum absolute atomic E-state index is 0.208. The predicted octanol–water partition coefficient (Wildman–Crippen LogP) is 2.81. The Labute approximate surface area is 125 Å². The number of allylic oxidation sites excluding steroid dienone is 1. The fourth-order valence-electron chi connectivity index (χ4n) is 1.85. The highest BCUT2D eigenvalue weighted by molar-refractivity contribution is 6.08. The molecule has 1 N–H and O–H groups in total. The van der Waals surface area contributed by atoms with Crippen molar-refractivity contribution >= 4 is 11.8 Å². The number of furan rings is 1. The largest absolute Gasteiger partial charge is 0.502 e. The Morgan fingerprint density at radius 1 is 1.27 bits per heavy atom. The summed E-state index contributed by atoms with van der Waals surface area (Å²) in [5, 5.41) is 9.39. The molecule has 0 saturated heterocycles. The van der Waals surface area contributed by atoms with Crippen LogP contribution in [0.2, 0.25) is 0 Å². The van der Waals surface area contributed by atoms with Crippen LogP contribution >= 0.6 is 0 Å². The van der Waals surface area contributed by atoms with Crippen molar-refractivity contribution in [1.29, 1.82) is 0 Å². The number of hydrogen-bond acceptors (Lipinski definition) is 5. The number of carbonyl (C=O) groups is 2. The number of esters is 1. The van der Waals surface area contributed by atoms with E-state index >= 15 is 0 Å². The van der Waals surface area contributed by atoms with Crippen molar-refractivity contribution in [2.75, 3.05) is 7.11 Å². The van der Waals surface area contributed by atoms with Crippen LogP contribution < -0.4 is 0 Å². The summed E-state index contributed by atoms with van der Waals surface area (Å²) in [6.45, 7) is 0. The molecular formula is C16H13FO5. The Morgan fingerprint density at radius 2 is 1.95 bits per heavy atom. The topological polar surface area (TPSA) is 76.7 Å². The predicted molar refractivity (Wildman–Crippen MR) is 75.0 cm³/mol. The Kier molecular flexibility index (Phi) is 4.73. The molecule has 0 fully saturated rings. The molecule has 1 aromatic carbocycles. The van der Waals surface area contributed by atoms with Crippen LogP contribution in [0.25, 0.3) is 0 Å². The zero-order valence-corrected chi connectivity index (χ0v) is 11.7. The van der Waals surface area contributed by atoms with Crippen molar-refractivity contribution in [3.8, 4) is 0 Å². The Bertz CT molecular complexity index is 712. The van der Waals surface area contributed by atoms with E-state index in [1.807, 2.05) is 0 Å². The molecule has 0 aliphatic carbocycles. The van der Waals surface area contributed by atoms with E-state index in [1.54, 1.807) is 12.1 Å². The lowest BCUT2D eigenvalue weighted by atomic mass is 10.0. The van der Waals surface area contributed by atoms with Crippen molar-refractivity contribution in [2.45, 2.75) is 6.42 Å². The minimum atomic E-state index is -1.00. The van der Waals surface area contributed by atoms with Crippen LogP contribution in [0.4, 0.5) is 4.39 Å². The van der Waals surface area contributed by atoms with E-state index in [4.69, 9.17) is 4.42 Å². The number of rotatable bonds is 5. The van der Waals surface area contributed by atoms with Crippen molar-refractivity contribution < 1.29 is 28.2 Å². The molecule has 114 valence electrons. The van der Waals surface area contributed by atoms with Gasteiger partial charge in [-0.2, -0.15) is 0 Å². The second-order valence-corrected chi connectivity index (χ2v) is 4.45. The van der Waals surface area contributed by atoms with Crippen molar-refractivity contribution in [2.24, 2.45) is 0 Å². The maximum Gasteiger partial charge on any atom is 0.373 e. The summed E-state index contributed by atoms with van der Waals surface area (Å²) in [5.74, 6) is -2.39. The van der Waals surface area contributed by atoms with Gasteiger partial charge in [0.25, 0.3) is 0 Å². The SMILES string of the molecule is COC(=O)/C(O)=C/C(=O)c1ccoc1Cc1ccc(F)cc1. The summed E-state index contributed by atoms with van der Waals surface area (Å²) in [7, 11) is 1.09. The van der Waals surface area contributed by atoms with Gasteiger partial charge in [0.15, 0.2) is 5.78 Å². The highest BCUT2D eigenvalue weighted by atomic mass is 19.1. The van der Waals surface area contributed by atoms with Gasteiger partial charge in [0.1, 0.15) is 11.6 Å². The standard InChI is InChI=1S/C16H13FO5/c1-21-16(20)14(19)9-13(18)12-6-7-22-15(12)8-10-2-4-11(17)5-3-10/h2-7,9,19H,8H2,1H3/b14-9-. The average molecular weight is 304 g/mol. The molecule has 0 aliphatic rings. The Hall–Kier alpha value is -2.89. The first-order valence-corrected chi connectivity index (χ1v) is 6.35. The number of halogens is 1. The minimum Gasteiger partial charge on any atom is -0.502 e. The first kappa shape index (κ1) is 15.5. The zero-order valence-electron chi connectivity index (χ0n) is 11.7. The highest BCUT2D eigenvalue weighted by Crippen LogP contribution is 2.17. The molecule has 1 heterocycles. The van der Waals surface area contributed by atoms with Gasteiger partial charge in [-0.1, -0.05) is 12.1 Å². The molecule has 6 heteroatoms. The van der Waals surface area contributed by atoms with Crippen LogP contribution in [0.3, 0.4) is 0 Å². The van der Waals surface area contributed by atoms with Crippen LogP contribution in [0.5, 0.6) is 0 Å². The Balaban J connectivity index is 2.20. The smallest absolute Gasteiger partial charge is 0.373 e. The van der Waals surface area contributed by atoms with Crippen LogP contribution in [-0.4, -0.2) is 24.0 Å².